The minimum Gasteiger partial charge on any atom is -0.447 e. The Morgan fingerprint density at radius 2 is 2.25 bits per heavy atom. The third kappa shape index (κ3) is 4.33. The van der Waals surface area contributed by atoms with Crippen molar-refractivity contribution in [3.8, 4) is 0 Å². The molecule has 16 heavy (non-hydrogen) atoms. The Morgan fingerprint density at radius 3 is 2.75 bits per heavy atom. The van der Waals surface area contributed by atoms with Gasteiger partial charge >= 0.3 is 6.09 Å². The van der Waals surface area contributed by atoms with Crippen LogP contribution in [0, 0.1) is 0 Å². The second-order valence-corrected chi connectivity index (χ2v) is 4.44. The second-order valence-electron chi connectivity index (χ2n) is 4.44. The summed E-state index contributed by atoms with van der Waals surface area (Å²) in [4.78, 5) is 15.5. The van der Waals surface area contributed by atoms with Crippen LogP contribution in [0.25, 0.3) is 0 Å². The molecule has 1 heterocycles. The molecular weight excluding hydrogens is 208 g/mol. The third-order valence-corrected chi connectivity index (χ3v) is 1.74. The highest BCUT2D eigenvalue weighted by Gasteiger charge is 2.16. The molecule has 90 valence electrons. The van der Waals surface area contributed by atoms with Gasteiger partial charge in [-0.1, -0.05) is 6.92 Å². The number of nitrogens with one attached hydrogen (secondary N) is 1. The predicted octanol–water partition coefficient (Wildman–Crippen LogP) is 2.26. The van der Waals surface area contributed by atoms with Crippen molar-refractivity contribution in [1.29, 1.82) is 0 Å². The number of nitrogens with zero attached hydrogens (tertiary/aromatic N) is 1. The fraction of sp³-hybridized carbons (Fsp3) is 0.636. The van der Waals surface area contributed by atoms with Crippen LogP contribution in [0.15, 0.2) is 10.7 Å². The van der Waals surface area contributed by atoms with Crippen LogP contribution >= 0.6 is 0 Å². The molecule has 0 radical (unpaired) electrons. The Morgan fingerprint density at radius 1 is 1.56 bits per heavy atom. The number of alkyl carbamates (subject to hydrolysis) is 1. The molecule has 0 atom stereocenters. The molecule has 0 saturated heterocycles. The summed E-state index contributed by atoms with van der Waals surface area (Å²) in [7, 11) is 0. The highest BCUT2D eigenvalue weighted by molar-refractivity contribution is 5.67. The van der Waals surface area contributed by atoms with Gasteiger partial charge in [0.05, 0.1) is 12.2 Å². The van der Waals surface area contributed by atoms with E-state index in [4.69, 9.17) is 9.15 Å². The van der Waals surface area contributed by atoms with E-state index in [1.165, 1.54) is 0 Å². The lowest BCUT2D eigenvalue weighted by Crippen LogP contribution is -2.32. The van der Waals surface area contributed by atoms with Crippen molar-refractivity contribution in [2.75, 3.05) is 0 Å². The van der Waals surface area contributed by atoms with E-state index in [9.17, 15) is 4.79 Å². The highest BCUT2D eigenvalue weighted by atomic mass is 16.6. The number of aryl methyl sites for hydroxylation is 1. The minimum atomic E-state index is -0.491. The number of ether oxygens (including phenoxy) is 1. The van der Waals surface area contributed by atoms with Crippen molar-refractivity contribution in [2.24, 2.45) is 0 Å². The van der Waals surface area contributed by atoms with E-state index in [-0.39, 0.29) is 6.54 Å². The van der Waals surface area contributed by atoms with Crippen LogP contribution in [0.2, 0.25) is 0 Å². The Hall–Kier alpha value is -1.52. The zero-order valence-corrected chi connectivity index (χ0v) is 10.2. The smallest absolute Gasteiger partial charge is 0.408 e. The van der Waals surface area contributed by atoms with Crippen LogP contribution in [0.3, 0.4) is 0 Å². The van der Waals surface area contributed by atoms with E-state index in [1.807, 2.05) is 27.7 Å². The molecule has 0 spiro atoms. The number of oxazole rings is 1. The summed E-state index contributed by atoms with van der Waals surface area (Å²) in [6.07, 6.45) is 1.94. The molecule has 0 bridgehead atoms. The summed E-state index contributed by atoms with van der Waals surface area (Å²) < 4.78 is 10.2. The first-order valence-electron chi connectivity index (χ1n) is 5.31. The number of rotatable bonds is 3. The number of carbonyl (C=O) groups excluding carboxylic acids is 1. The Kier molecular flexibility index (Phi) is 3.93. The molecule has 0 aliphatic heterocycles. The van der Waals surface area contributed by atoms with Crippen LogP contribution in [0.4, 0.5) is 4.79 Å². The number of carbonyl (C=O) groups is 1. The Labute approximate surface area is 95.2 Å². The van der Waals surface area contributed by atoms with E-state index in [0.29, 0.717) is 5.89 Å². The van der Waals surface area contributed by atoms with Crippen molar-refractivity contribution >= 4 is 6.09 Å². The quantitative estimate of drug-likeness (QED) is 0.858. The van der Waals surface area contributed by atoms with E-state index in [2.05, 4.69) is 10.3 Å². The van der Waals surface area contributed by atoms with Gasteiger partial charge in [0.2, 0.25) is 5.89 Å². The SMILES string of the molecule is CCc1coc(CNC(=O)OC(C)(C)C)n1. The third-order valence-electron chi connectivity index (χ3n) is 1.74. The first kappa shape index (κ1) is 12.5. The standard InChI is InChI=1S/C11H18N2O3/c1-5-8-7-15-9(13-8)6-12-10(14)16-11(2,3)4/h7H,5-6H2,1-4H3,(H,12,14). The molecular formula is C11H18N2O3. The zero-order valence-electron chi connectivity index (χ0n) is 10.2. The molecule has 5 heteroatoms. The molecule has 0 aromatic carbocycles. The summed E-state index contributed by atoms with van der Waals surface area (Å²) in [6.45, 7) is 7.67. The maximum absolute atomic E-state index is 11.3. The maximum Gasteiger partial charge on any atom is 0.408 e. The summed E-state index contributed by atoms with van der Waals surface area (Å²) in [5, 5.41) is 2.58. The number of amides is 1. The lowest BCUT2D eigenvalue weighted by molar-refractivity contribution is 0.0519. The van der Waals surface area contributed by atoms with E-state index in [0.717, 1.165) is 12.1 Å². The molecule has 0 fully saturated rings. The van der Waals surface area contributed by atoms with Crippen molar-refractivity contribution < 1.29 is 13.9 Å². The van der Waals surface area contributed by atoms with Crippen LogP contribution in [0.5, 0.6) is 0 Å². The van der Waals surface area contributed by atoms with Gasteiger partial charge in [-0.3, -0.25) is 0 Å². The van der Waals surface area contributed by atoms with Crippen molar-refractivity contribution in [3.05, 3.63) is 17.8 Å². The zero-order chi connectivity index (χ0) is 12.2. The summed E-state index contributed by atoms with van der Waals surface area (Å²) in [5.41, 5.74) is 0.385. The number of hydrogen-bond acceptors (Lipinski definition) is 4. The minimum absolute atomic E-state index is 0.245. The average molecular weight is 226 g/mol. The first-order chi connectivity index (χ1) is 7.40. The lowest BCUT2D eigenvalue weighted by atomic mass is 10.2. The largest absolute Gasteiger partial charge is 0.447 e. The van der Waals surface area contributed by atoms with Gasteiger partial charge in [-0.05, 0) is 27.2 Å². The molecule has 0 unspecified atom stereocenters. The molecule has 0 aliphatic carbocycles. The number of aromatic nitrogens is 1. The number of hydrogen-bond donors (Lipinski definition) is 1. The molecule has 1 amide bonds. The summed E-state index contributed by atoms with van der Waals surface area (Å²) >= 11 is 0. The summed E-state index contributed by atoms with van der Waals surface area (Å²) in [5.74, 6) is 0.489. The Bertz CT molecular complexity index is 352. The van der Waals surface area contributed by atoms with Gasteiger partial charge < -0.3 is 14.5 Å². The van der Waals surface area contributed by atoms with Gasteiger partial charge in [0.1, 0.15) is 11.9 Å². The molecule has 0 aliphatic rings. The van der Waals surface area contributed by atoms with Gasteiger partial charge in [-0.25, -0.2) is 9.78 Å². The predicted molar refractivity (Wildman–Crippen MR) is 59.0 cm³/mol. The van der Waals surface area contributed by atoms with Crippen molar-refractivity contribution in [3.63, 3.8) is 0 Å². The van der Waals surface area contributed by atoms with Crippen molar-refractivity contribution in [1.82, 2.24) is 10.3 Å². The van der Waals surface area contributed by atoms with Crippen LogP contribution in [0.1, 0.15) is 39.3 Å². The normalized spacial score (nSPS) is 11.2. The van der Waals surface area contributed by atoms with Crippen LogP contribution in [-0.2, 0) is 17.7 Å². The van der Waals surface area contributed by atoms with Gasteiger partial charge in [0.15, 0.2) is 0 Å². The van der Waals surface area contributed by atoms with Gasteiger partial charge in [-0.15, -0.1) is 0 Å². The van der Waals surface area contributed by atoms with Gasteiger partial charge in [0.25, 0.3) is 0 Å². The molecule has 5 nitrogen and oxygen atoms in total. The van der Waals surface area contributed by atoms with Crippen LogP contribution in [-0.4, -0.2) is 16.7 Å². The molecule has 1 aromatic heterocycles. The maximum atomic E-state index is 11.3. The first-order valence-corrected chi connectivity index (χ1v) is 5.31. The fourth-order valence-corrected chi connectivity index (χ4v) is 1.05. The monoisotopic (exact) mass is 226 g/mol. The Balaban J connectivity index is 2.37. The topological polar surface area (TPSA) is 64.4 Å². The van der Waals surface area contributed by atoms with E-state index >= 15 is 0 Å². The fourth-order valence-electron chi connectivity index (χ4n) is 1.05. The van der Waals surface area contributed by atoms with Gasteiger partial charge in [-0.2, -0.15) is 0 Å². The average Bonchev–Trinajstić information content (AvgIpc) is 2.59. The molecule has 1 rings (SSSR count). The van der Waals surface area contributed by atoms with E-state index < -0.39 is 11.7 Å². The van der Waals surface area contributed by atoms with Crippen molar-refractivity contribution in [2.45, 2.75) is 46.3 Å². The molecule has 1 aromatic rings. The lowest BCUT2D eigenvalue weighted by Gasteiger charge is -2.19. The van der Waals surface area contributed by atoms with E-state index in [1.54, 1.807) is 6.26 Å². The molecule has 0 saturated carbocycles. The second kappa shape index (κ2) is 5.01. The summed E-state index contributed by atoms with van der Waals surface area (Å²) in [6, 6.07) is 0. The molecule has 1 N–H and O–H groups in total. The van der Waals surface area contributed by atoms with Gasteiger partial charge in [0, 0.05) is 0 Å². The van der Waals surface area contributed by atoms with Crippen LogP contribution < -0.4 is 5.32 Å². The highest BCUT2D eigenvalue weighted by Crippen LogP contribution is 2.07.